The molecule has 166 valence electrons. The fourth-order valence-electron chi connectivity index (χ4n) is 4.15. The lowest BCUT2D eigenvalue weighted by Gasteiger charge is -2.36. The van der Waals surface area contributed by atoms with E-state index < -0.39 is 11.7 Å². The van der Waals surface area contributed by atoms with Crippen LogP contribution in [0.2, 0.25) is 0 Å². The number of rotatable bonds is 8. The van der Waals surface area contributed by atoms with Gasteiger partial charge in [0, 0.05) is 31.9 Å². The number of halogens is 3. The highest BCUT2D eigenvalue weighted by atomic mass is 32.1. The van der Waals surface area contributed by atoms with E-state index in [1.807, 2.05) is 5.51 Å². The molecule has 0 bridgehead atoms. The molecule has 7 heteroatoms. The molecule has 3 aromatic rings. The second-order valence-electron chi connectivity index (χ2n) is 8.19. The van der Waals surface area contributed by atoms with E-state index in [1.165, 1.54) is 35.4 Å². The molecular formula is C24H28F3N3S. The van der Waals surface area contributed by atoms with Crippen LogP contribution in [0.15, 0.2) is 48.0 Å². The first-order valence-electron chi connectivity index (χ1n) is 11.0. The lowest BCUT2D eigenvalue weighted by Crippen LogP contribution is -2.46. The minimum absolute atomic E-state index is 0.569. The van der Waals surface area contributed by atoms with Gasteiger partial charge in [0.1, 0.15) is 0 Å². The van der Waals surface area contributed by atoms with Crippen molar-refractivity contribution in [2.45, 2.75) is 38.3 Å². The number of hydrogen-bond donors (Lipinski definition) is 0. The summed E-state index contributed by atoms with van der Waals surface area (Å²) in [6.07, 6.45) is 1.09. The lowest BCUT2D eigenvalue weighted by molar-refractivity contribution is -0.137. The van der Waals surface area contributed by atoms with E-state index in [4.69, 9.17) is 0 Å². The van der Waals surface area contributed by atoms with Gasteiger partial charge in [0.2, 0.25) is 0 Å². The quantitative estimate of drug-likeness (QED) is 0.381. The van der Waals surface area contributed by atoms with Crippen LogP contribution in [-0.2, 0) is 12.6 Å². The zero-order valence-corrected chi connectivity index (χ0v) is 18.4. The number of aromatic nitrogens is 1. The van der Waals surface area contributed by atoms with Crippen LogP contribution in [0.25, 0.3) is 10.2 Å². The van der Waals surface area contributed by atoms with Gasteiger partial charge < -0.3 is 4.90 Å². The summed E-state index contributed by atoms with van der Waals surface area (Å²) in [4.78, 5) is 9.40. The third kappa shape index (κ3) is 5.98. The number of thiazole rings is 1. The smallest absolute Gasteiger partial charge is 0.369 e. The van der Waals surface area contributed by atoms with Gasteiger partial charge in [0.05, 0.1) is 21.3 Å². The highest BCUT2D eigenvalue weighted by molar-refractivity contribution is 7.16. The van der Waals surface area contributed by atoms with Gasteiger partial charge in [-0.25, -0.2) is 4.98 Å². The second-order valence-corrected chi connectivity index (χ2v) is 9.08. The lowest BCUT2D eigenvalue weighted by atomic mass is 10.0. The number of nitrogens with zero attached hydrogens (tertiary/aromatic N) is 3. The summed E-state index contributed by atoms with van der Waals surface area (Å²) in [6, 6.07) is 12.1. The third-order valence-corrected chi connectivity index (χ3v) is 6.83. The molecule has 2 aromatic carbocycles. The topological polar surface area (TPSA) is 19.4 Å². The molecule has 0 atom stereocenters. The van der Waals surface area contributed by atoms with Gasteiger partial charge in [0.15, 0.2) is 0 Å². The van der Waals surface area contributed by atoms with Crippen molar-refractivity contribution in [3.63, 3.8) is 0 Å². The van der Waals surface area contributed by atoms with Crippen molar-refractivity contribution in [2.75, 3.05) is 37.6 Å². The van der Waals surface area contributed by atoms with Gasteiger partial charge in [-0.15, -0.1) is 11.3 Å². The number of fused-ring (bicyclic) bond motifs is 1. The summed E-state index contributed by atoms with van der Waals surface area (Å²) in [5.74, 6) is 0. The molecule has 1 aromatic heterocycles. The van der Waals surface area contributed by atoms with Gasteiger partial charge in [-0.3, -0.25) is 4.90 Å². The molecule has 0 saturated carbocycles. The van der Waals surface area contributed by atoms with E-state index in [-0.39, 0.29) is 0 Å². The Morgan fingerprint density at radius 3 is 2.35 bits per heavy atom. The zero-order valence-electron chi connectivity index (χ0n) is 17.6. The molecule has 31 heavy (non-hydrogen) atoms. The molecule has 1 fully saturated rings. The van der Waals surface area contributed by atoms with Crippen molar-refractivity contribution in [3.8, 4) is 0 Å². The van der Waals surface area contributed by atoms with Crippen LogP contribution in [0.1, 0.15) is 36.8 Å². The second kappa shape index (κ2) is 10.0. The number of anilines is 1. The van der Waals surface area contributed by atoms with Crippen molar-refractivity contribution < 1.29 is 13.2 Å². The van der Waals surface area contributed by atoms with E-state index >= 15 is 0 Å². The number of piperazine rings is 1. The highest BCUT2D eigenvalue weighted by Crippen LogP contribution is 2.29. The first-order valence-corrected chi connectivity index (χ1v) is 11.8. The van der Waals surface area contributed by atoms with Gasteiger partial charge in [-0.05, 0) is 61.7 Å². The minimum Gasteiger partial charge on any atom is -0.369 e. The summed E-state index contributed by atoms with van der Waals surface area (Å²) in [5.41, 5.74) is 4.66. The van der Waals surface area contributed by atoms with Crippen LogP contribution in [0.4, 0.5) is 18.9 Å². The van der Waals surface area contributed by atoms with Crippen LogP contribution in [0.3, 0.4) is 0 Å². The Balaban J connectivity index is 1.10. The van der Waals surface area contributed by atoms with E-state index in [2.05, 4.69) is 33.0 Å². The van der Waals surface area contributed by atoms with Crippen LogP contribution in [-0.4, -0.2) is 42.6 Å². The third-order valence-electron chi connectivity index (χ3n) is 6.02. The Morgan fingerprint density at radius 1 is 0.871 bits per heavy atom. The molecule has 3 nitrogen and oxygen atoms in total. The first-order chi connectivity index (χ1) is 15.0. The average Bonchev–Trinajstić information content (AvgIpc) is 3.24. The van der Waals surface area contributed by atoms with E-state index in [0.717, 1.165) is 63.1 Å². The summed E-state index contributed by atoms with van der Waals surface area (Å²) < 4.78 is 39.1. The fourth-order valence-corrected chi connectivity index (χ4v) is 4.81. The number of benzene rings is 2. The normalized spacial score (nSPS) is 15.6. The molecule has 4 rings (SSSR count). The Kier molecular flexibility index (Phi) is 7.13. The van der Waals surface area contributed by atoms with Crippen molar-refractivity contribution in [1.29, 1.82) is 0 Å². The average molecular weight is 448 g/mol. The fraction of sp³-hybridized carbons (Fsp3) is 0.458. The maximum Gasteiger partial charge on any atom is 0.416 e. The predicted molar refractivity (Wildman–Crippen MR) is 122 cm³/mol. The molecule has 0 unspecified atom stereocenters. The van der Waals surface area contributed by atoms with Crippen LogP contribution in [0.5, 0.6) is 0 Å². The molecule has 0 spiro atoms. The molecule has 0 amide bonds. The molecule has 0 N–H and O–H groups in total. The highest BCUT2D eigenvalue weighted by Gasteiger charge is 2.29. The number of alkyl halides is 3. The Morgan fingerprint density at radius 2 is 1.61 bits per heavy atom. The SMILES string of the molecule is FC(F)(F)c1ccc(CCCCCCN2CCN(c3ccc4scnc4c3)CC2)cc1. The van der Waals surface area contributed by atoms with E-state index in [1.54, 1.807) is 23.5 Å². The van der Waals surface area contributed by atoms with E-state index in [9.17, 15) is 13.2 Å². The largest absolute Gasteiger partial charge is 0.416 e. The molecule has 1 aliphatic heterocycles. The number of aryl methyl sites for hydroxylation is 1. The molecule has 0 radical (unpaired) electrons. The molecule has 1 saturated heterocycles. The van der Waals surface area contributed by atoms with E-state index in [0.29, 0.717) is 0 Å². The van der Waals surface area contributed by atoms with Crippen molar-refractivity contribution in [3.05, 3.63) is 59.1 Å². The van der Waals surface area contributed by atoms with Gasteiger partial charge >= 0.3 is 6.18 Å². The van der Waals surface area contributed by atoms with Crippen molar-refractivity contribution >= 4 is 27.2 Å². The minimum atomic E-state index is -4.25. The summed E-state index contributed by atoms with van der Waals surface area (Å²) in [7, 11) is 0. The standard InChI is InChI=1S/C24H28F3N3S/c25-24(26,27)20-8-6-19(7-9-20)5-3-1-2-4-12-29-13-15-30(16-14-29)21-10-11-23-22(17-21)28-18-31-23/h6-11,17-18H,1-5,12-16H2. The van der Waals surface area contributed by atoms with Gasteiger partial charge in [-0.1, -0.05) is 25.0 Å². The monoisotopic (exact) mass is 447 g/mol. The molecular weight excluding hydrogens is 419 g/mol. The Labute approximate surface area is 185 Å². The predicted octanol–water partition coefficient (Wildman–Crippen LogP) is 6.24. The zero-order chi connectivity index (χ0) is 21.7. The van der Waals surface area contributed by atoms with Crippen LogP contribution < -0.4 is 4.90 Å². The summed E-state index contributed by atoms with van der Waals surface area (Å²) in [5, 5.41) is 0. The maximum absolute atomic E-state index is 12.6. The summed E-state index contributed by atoms with van der Waals surface area (Å²) in [6.45, 7) is 5.38. The number of hydrogen-bond acceptors (Lipinski definition) is 4. The van der Waals surface area contributed by atoms with Crippen molar-refractivity contribution in [1.82, 2.24) is 9.88 Å². The van der Waals surface area contributed by atoms with Crippen LogP contribution in [0, 0.1) is 0 Å². The first kappa shape index (κ1) is 22.1. The Bertz CT molecular complexity index is 960. The molecule has 0 aliphatic carbocycles. The number of unbranched alkanes of at least 4 members (excludes halogenated alkanes) is 3. The molecule has 2 heterocycles. The van der Waals surface area contributed by atoms with Gasteiger partial charge in [-0.2, -0.15) is 13.2 Å². The van der Waals surface area contributed by atoms with Gasteiger partial charge in [0.25, 0.3) is 0 Å². The maximum atomic E-state index is 12.6. The molecule has 1 aliphatic rings. The Hall–Kier alpha value is -2.12. The summed E-state index contributed by atoms with van der Waals surface area (Å²) >= 11 is 1.68. The van der Waals surface area contributed by atoms with Crippen molar-refractivity contribution in [2.24, 2.45) is 0 Å². The van der Waals surface area contributed by atoms with Crippen LogP contribution >= 0.6 is 11.3 Å².